The van der Waals surface area contributed by atoms with Crippen molar-refractivity contribution in [3.8, 4) is 0 Å². The summed E-state index contributed by atoms with van der Waals surface area (Å²) in [5.74, 6) is -1.40. The molecule has 0 unspecified atom stereocenters. The molecule has 3 nitrogen and oxygen atoms in total. The minimum atomic E-state index is -0.609. The third kappa shape index (κ3) is 2.86. The van der Waals surface area contributed by atoms with Gasteiger partial charge in [-0.2, -0.15) is 0 Å². The van der Waals surface area contributed by atoms with E-state index >= 15 is 0 Å². The zero-order chi connectivity index (χ0) is 14.0. The van der Waals surface area contributed by atoms with Gasteiger partial charge >= 0.3 is 0 Å². The van der Waals surface area contributed by atoms with Gasteiger partial charge in [-0.05, 0) is 31.0 Å². The highest BCUT2D eigenvalue weighted by atomic mass is 79.9. The van der Waals surface area contributed by atoms with Crippen LogP contribution in [0.15, 0.2) is 22.7 Å². The van der Waals surface area contributed by atoms with E-state index < -0.39 is 11.7 Å². The summed E-state index contributed by atoms with van der Waals surface area (Å²) in [6.07, 6.45) is 1.63. The van der Waals surface area contributed by atoms with Gasteiger partial charge in [0, 0.05) is 17.4 Å². The van der Waals surface area contributed by atoms with Crippen LogP contribution in [0.2, 0.25) is 0 Å². The highest BCUT2D eigenvalue weighted by Crippen LogP contribution is 2.29. The summed E-state index contributed by atoms with van der Waals surface area (Å²) < 4.78 is 14.5. The van der Waals surface area contributed by atoms with Crippen molar-refractivity contribution in [1.82, 2.24) is 0 Å². The Bertz CT molecular complexity index is 518. The number of hydrogen-bond acceptors (Lipinski definition) is 2. The molecule has 1 atom stereocenters. The quantitative estimate of drug-likeness (QED) is 0.799. The Balaban J connectivity index is 2.29. The van der Waals surface area contributed by atoms with E-state index in [4.69, 9.17) is 0 Å². The van der Waals surface area contributed by atoms with Gasteiger partial charge in [0.15, 0.2) is 0 Å². The second-order valence-electron chi connectivity index (χ2n) is 4.60. The molecule has 2 rings (SSSR count). The smallest absolute Gasteiger partial charge is 0.237 e. The normalized spacial score (nSPS) is 19.6. The van der Waals surface area contributed by atoms with Gasteiger partial charge in [0.2, 0.25) is 5.91 Å². The molecular formula is C14H15BrFNO2. The van der Waals surface area contributed by atoms with Gasteiger partial charge < -0.3 is 4.90 Å². The summed E-state index contributed by atoms with van der Waals surface area (Å²) in [5, 5.41) is 0. The molecule has 1 aromatic rings. The van der Waals surface area contributed by atoms with E-state index in [1.807, 2.05) is 0 Å². The number of hydrogen-bond donors (Lipinski definition) is 0. The maximum atomic E-state index is 13.9. The van der Waals surface area contributed by atoms with Gasteiger partial charge in [0.25, 0.3) is 0 Å². The van der Waals surface area contributed by atoms with Crippen LogP contribution in [0.1, 0.15) is 26.2 Å². The molecule has 1 aliphatic rings. The second kappa shape index (κ2) is 5.82. The number of nitrogens with zero attached hydrogens (tertiary/aromatic N) is 1. The minimum absolute atomic E-state index is 0.0628. The molecule has 1 heterocycles. The summed E-state index contributed by atoms with van der Waals surface area (Å²) in [5.41, 5.74) is 0.252. The minimum Gasteiger partial charge on any atom is -0.309 e. The predicted octanol–water partition coefficient (Wildman–Crippen LogP) is 3.31. The lowest BCUT2D eigenvalue weighted by atomic mass is 9.91. The average Bonchev–Trinajstić information content (AvgIpc) is 2.39. The summed E-state index contributed by atoms with van der Waals surface area (Å²) >= 11 is 3.18. The number of anilines is 1. The number of halogens is 2. The lowest BCUT2D eigenvalue weighted by Gasteiger charge is -2.31. The van der Waals surface area contributed by atoms with Crippen molar-refractivity contribution in [3.05, 3.63) is 28.5 Å². The summed E-state index contributed by atoms with van der Waals surface area (Å²) in [6.45, 7) is 2.21. The molecule has 0 N–H and O–H groups in total. The molecule has 0 spiro atoms. The number of amides is 1. The first-order valence-corrected chi connectivity index (χ1v) is 7.13. The number of Topliss-reactive ketones (excluding diaryl/α,β-unsaturated/α-hetero) is 1. The largest absolute Gasteiger partial charge is 0.309 e. The third-order valence-electron chi connectivity index (χ3n) is 3.38. The molecule has 0 aromatic heterocycles. The number of carbonyl (C=O) groups excluding carboxylic acids is 2. The molecule has 1 aromatic carbocycles. The Morgan fingerprint density at radius 1 is 1.53 bits per heavy atom. The van der Waals surface area contributed by atoms with Crippen LogP contribution in [-0.2, 0) is 9.59 Å². The Labute approximate surface area is 119 Å². The van der Waals surface area contributed by atoms with E-state index in [0.717, 1.165) is 6.42 Å². The van der Waals surface area contributed by atoms with Crippen LogP contribution in [0.25, 0.3) is 0 Å². The standard InChI is InChI=1S/C14H15BrFNO2/c1-2-13(18)10-4-3-7-17(14(10)19)12-6-5-9(15)8-11(12)16/h5-6,8,10H,2-4,7H2,1H3/t10-/m0/s1. The predicted molar refractivity (Wildman–Crippen MR) is 74.5 cm³/mol. The van der Waals surface area contributed by atoms with Gasteiger partial charge in [-0.1, -0.05) is 22.9 Å². The van der Waals surface area contributed by atoms with Gasteiger partial charge in [0.05, 0.1) is 11.6 Å². The molecule has 0 bridgehead atoms. The Morgan fingerprint density at radius 3 is 2.89 bits per heavy atom. The van der Waals surface area contributed by atoms with E-state index in [9.17, 15) is 14.0 Å². The van der Waals surface area contributed by atoms with E-state index in [0.29, 0.717) is 23.9 Å². The molecule has 0 aliphatic carbocycles. The third-order valence-corrected chi connectivity index (χ3v) is 3.87. The Morgan fingerprint density at radius 2 is 2.26 bits per heavy atom. The van der Waals surface area contributed by atoms with Crippen LogP contribution in [0.4, 0.5) is 10.1 Å². The maximum absolute atomic E-state index is 13.9. The molecule has 1 saturated heterocycles. The fourth-order valence-corrected chi connectivity index (χ4v) is 2.69. The number of carbonyl (C=O) groups is 2. The van der Waals surface area contributed by atoms with Gasteiger partial charge in [-0.25, -0.2) is 4.39 Å². The number of rotatable bonds is 3. The van der Waals surface area contributed by atoms with Crippen molar-refractivity contribution in [2.24, 2.45) is 5.92 Å². The molecule has 102 valence electrons. The van der Waals surface area contributed by atoms with E-state index in [-0.39, 0.29) is 17.4 Å². The zero-order valence-corrected chi connectivity index (χ0v) is 12.2. The first-order chi connectivity index (χ1) is 9.04. The van der Waals surface area contributed by atoms with Crippen molar-refractivity contribution < 1.29 is 14.0 Å². The van der Waals surface area contributed by atoms with Crippen molar-refractivity contribution >= 4 is 33.3 Å². The van der Waals surface area contributed by atoms with E-state index in [1.54, 1.807) is 19.1 Å². The van der Waals surface area contributed by atoms with Crippen LogP contribution in [0.5, 0.6) is 0 Å². The second-order valence-corrected chi connectivity index (χ2v) is 5.52. The highest BCUT2D eigenvalue weighted by molar-refractivity contribution is 9.10. The monoisotopic (exact) mass is 327 g/mol. The van der Waals surface area contributed by atoms with Gasteiger partial charge in [0.1, 0.15) is 11.6 Å². The van der Waals surface area contributed by atoms with Gasteiger partial charge in [-0.15, -0.1) is 0 Å². The van der Waals surface area contributed by atoms with Crippen LogP contribution in [-0.4, -0.2) is 18.2 Å². The zero-order valence-electron chi connectivity index (χ0n) is 10.7. The number of benzene rings is 1. The molecule has 1 amide bonds. The summed E-state index contributed by atoms with van der Waals surface area (Å²) in [7, 11) is 0. The van der Waals surface area contributed by atoms with Crippen molar-refractivity contribution in [2.75, 3.05) is 11.4 Å². The molecule has 5 heteroatoms. The fraction of sp³-hybridized carbons (Fsp3) is 0.429. The highest BCUT2D eigenvalue weighted by Gasteiger charge is 2.34. The SMILES string of the molecule is CCC(=O)[C@@H]1CCCN(c2ccc(Br)cc2F)C1=O. The fourth-order valence-electron chi connectivity index (χ4n) is 2.36. The number of ketones is 1. The summed E-state index contributed by atoms with van der Waals surface area (Å²) in [6, 6.07) is 4.58. The summed E-state index contributed by atoms with van der Waals surface area (Å²) in [4.78, 5) is 25.4. The van der Waals surface area contributed by atoms with Gasteiger partial charge in [-0.3, -0.25) is 9.59 Å². The molecular weight excluding hydrogens is 313 g/mol. The van der Waals surface area contributed by atoms with Crippen LogP contribution in [0.3, 0.4) is 0 Å². The van der Waals surface area contributed by atoms with Crippen molar-refractivity contribution in [3.63, 3.8) is 0 Å². The first-order valence-electron chi connectivity index (χ1n) is 6.33. The van der Waals surface area contributed by atoms with Crippen LogP contribution >= 0.6 is 15.9 Å². The van der Waals surface area contributed by atoms with Crippen LogP contribution < -0.4 is 4.90 Å². The average molecular weight is 328 g/mol. The topological polar surface area (TPSA) is 37.4 Å². The lowest BCUT2D eigenvalue weighted by molar-refractivity contribution is -0.133. The maximum Gasteiger partial charge on any atom is 0.237 e. The lowest BCUT2D eigenvalue weighted by Crippen LogP contribution is -2.44. The van der Waals surface area contributed by atoms with Crippen molar-refractivity contribution in [2.45, 2.75) is 26.2 Å². The Hall–Kier alpha value is -1.23. The molecule has 0 saturated carbocycles. The first kappa shape index (κ1) is 14.2. The van der Waals surface area contributed by atoms with Crippen molar-refractivity contribution in [1.29, 1.82) is 0 Å². The van der Waals surface area contributed by atoms with Crippen LogP contribution in [0, 0.1) is 11.7 Å². The number of piperidine rings is 1. The Kier molecular flexibility index (Phi) is 4.34. The van der Waals surface area contributed by atoms with E-state index in [2.05, 4.69) is 15.9 Å². The molecule has 19 heavy (non-hydrogen) atoms. The van der Waals surface area contributed by atoms with E-state index in [1.165, 1.54) is 11.0 Å². The molecule has 1 fully saturated rings. The molecule has 1 aliphatic heterocycles. The molecule has 0 radical (unpaired) electrons.